The molecule has 0 saturated heterocycles. The van der Waals surface area contributed by atoms with Crippen molar-refractivity contribution in [3.63, 3.8) is 0 Å². The topological polar surface area (TPSA) is 44.8 Å². The standard InChI is InChI=1S/C20H26O4/c1-13(2)10-15-18(20(15,3)4)19(21)22-9-5-6-14-7-8-16-17(11-14)24-12-23-16/h7-8,10-11,15,18H,5-6,9,12H2,1-4H3/t15-,18-/m0/s1. The molecule has 4 heteroatoms. The first-order valence-corrected chi connectivity index (χ1v) is 8.60. The summed E-state index contributed by atoms with van der Waals surface area (Å²) in [4.78, 5) is 12.3. The summed E-state index contributed by atoms with van der Waals surface area (Å²) in [5, 5.41) is 0. The van der Waals surface area contributed by atoms with Gasteiger partial charge in [-0.05, 0) is 55.7 Å². The Bertz CT molecular complexity index is 656. The Morgan fingerprint density at radius 1 is 1.29 bits per heavy atom. The molecule has 3 rings (SSSR count). The third-order valence-corrected chi connectivity index (χ3v) is 4.97. The van der Waals surface area contributed by atoms with E-state index >= 15 is 0 Å². The molecular formula is C20H26O4. The molecule has 0 amide bonds. The van der Waals surface area contributed by atoms with E-state index in [4.69, 9.17) is 14.2 Å². The van der Waals surface area contributed by atoms with Crippen molar-refractivity contribution >= 4 is 5.97 Å². The monoisotopic (exact) mass is 330 g/mol. The first-order chi connectivity index (χ1) is 11.4. The minimum atomic E-state index is -0.0619. The van der Waals surface area contributed by atoms with Gasteiger partial charge in [0.25, 0.3) is 0 Å². The Hall–Kier alpha value is -1.97. The first kappa shape index (κ1) is 16.9. The summed E-state index contributed by atoms with van der Waals surface area (Å²) in [6, 6.07) is 5.96. The van der Waals surface area contributed by atoms with Crippen LogP contribution in [0.15, 0.2) is 29.8 Å². The SMILES string of the molecule is CC(C)=C[C@H]1[C@@H](C(=O)OCCCc2ccc3c(c2)OCO3)C1(C)C. The van der Waals surface area contributed by atoms with E-state index in [2.05, 4.69) is 33.8 Å². The van der Waals surface area contributed by atoms with Gasteiger partial charge in [-0.3, -0.25) is 4.79 Å². The lowest BCUT2D eigenvalue weighted by atomic mass is 10.1. The highest BCUT2D eigenvalue weighted by Crippen LogP contribution is 2.59. The Kier molecular flexibility index (Phi) is 4.57. The van der Waals surface area contributed by atoms with Crippen molar-refractivity contribution in [2.45, 2.75) is 40.5 Å². The molecule has 2 atom stereocenters. The number of esters is 1. The van der Waals surface area contributed by atoms with Crippen LogP contribution in [0.3, 0.4) is 0 Å². The molecule has 1 heterocycles. The summed E-state index contributed by atoms with van der Waals surface area (Å²) in [7, 11) is 0. The molecule has 2 aliphatic rings. The maximum atomic E-state index is 12.3. The van der Waals surface area contributed by atoms with Gasteiger partial charge in [-0.2, -0.15) is 0 Å². The van der Waals surface area contributed by atoms with Crippen molar-refractivity contribution in [1.82, 2.24) is 0 Å². The average molecular weight is 330 g/mol. The molecule has 4 nitrogen and oxygen atoms in total. The summed E-state index contributed by atoms with van der Waals surface area (Å²) in [5.74, 6) is 1.84. The second kappa shape index (κ2) is 6.50. The van der Waals surface area contributed by atoms with Gasteiger partial charge < -0.3 is 14.2 Å². The second-order valence-corrected chi connectivity index (χ2v) is 7.53. The second-order valence-electron chi connectivity index (χ2n) is 7.53. The largest absolute Gasteiger partial charge is 0.465 e. The van der Waals surface area contributed by atoms with Crippen LogP contribution in [0.2, 0.25) is 0 Å². The van der Waals surface area contributed by atoms with Gasteiger partial charge in [-0.25, -0.2) is 0 Å². The molecule has 1 aromatic carbocycles. The van der Waals surface area contributed by atoms with Crippen molar-refractivity contribution < 1.29 is 19.0 Å². The molecule has 0 unspecified atom stereocenters. The predicted octanol–water partition coefficient (Wildman–Crippen LogP) is 4.13. The first-order valence-electron chi connectivity index (χ1n) is 8.60. The summed E-state index contributed by atoms with van der Waals surface area (Å²) >= 11 is 0. The highest BCUT2D eigenvalue weighted by molar-refractivity contribution is 5.78. The number of allylic oxidation sites excluding steroid dienone is 2. The Balaban J connectivity index is 1.44. The van der Waals surface area contributed by atoms with Crippen molar-refractivity contribution in [2.75, 3.05) is 13.4 Å². The highest BCUT2D eigenvalue weighted by Gasteiger charge is 2.61. The Morgan fingerprint density at radius 3 is 2.79 bits per heavy atom. The van der Waals surface area contributed by atoms with E-state index in [9.17, 15) is 4.79 Å². The number of aryl methyl sites for hydroxylation is 1. The lowest BCUT2D eigenvalue weighted by Crippen LogP contribution is -2.12. The highest BCUT2D eigenvalue weighted by atomic mass is 16.7. The Morgan fingerprint density at radius 2 is 2.04 bits per heavy atom. The van der Waals surface area contributed by atoms with Crippen LogP contribution in [-0.2, 0) is 16.0 Å². The minimum Gasteiger partial charge on any atom is -0.465 e. The van der Waals surface area contributed by atoms with Crippen molar-refractivity contribution in [3.05, 3.63) is 35.4 Å². The Labute approximate surface area is 143 Å². The van der Waals surface area contributed by atoms with Gasteiger partial charge in [0.05, 0.1) is 12.5 Å². The molecule has 0 spiro atoms. The quantitative estimate of drug-likeness (QED) is 0.447. The number of benzene rings is 1. The molecule has 130 valence electrons. The molecule has 0 N–H and O–H groups in total. The molecule has 0 aromatic heterocycles. The number of rotatable bonds is 6. The fourth-order valence-electron chi connectivity index (χ4n) is 3.43. The summed E-state index contributed by atoms with van der Waals surface area (Å²) in [5.41, 5.74) is 2.45. The average Bonchev–Trinajstić information content (AvgIpc) is 2.87. The van der Waals surface area contributed by atoms with Crippen LogP contribution >= 0.6 is 0 Å². The van der Waals surface area contributed by atoms with E-state index in [1.807, 2.05) is 18.2 Å². The van der Waals surface area contributed by atoms with Gasteiger partial charge >= 0.3 is 5.97 Å². The van der Waals surface area contributed by atoms with Crippen molar-refractivity contribution in [1.29, 1.82) is 0 Å². The fourth-order valence-corrected chi connectivity index (χ4v) is 3.43. The molecule has 1 fully saturated rings. The third-order valence-electron chi connectivity index (χ3n) is 4.97. The zero-order valence-corrected chi connectivity index (χ0v) is 14.9. The van der Waals surface area contributed by atoms with E-state index in [1.54, 1.807) is 0 Å². The molecule has 0 bridgehead atoms. The number of carbonyl (C=O) groups excluding carboxylic acids is 1. The lowest BCUT2D eigenvalue weighted by Gasteiger charge is -2.06. The number of hydrogen-bond acceptors (Lipinski definition) is 4. The zero-order valence-electron chi connectivity index (χ0n) is 14.9. The number of carbonyl (C=O) groups is 1. The normalized spacial score (nSPS) is 22.8. The van der Waals surface area contributed by atoms with Crippen LogP contribution < -0.4 is 9.47 Å². The summed E-state index contributed by atoms with van der Waals surface area (Å²) in [6.07, 6.45) is 3.86. The number of hydrogen-bond donors (Lipinski definition) is 0. The molecule has 0 radical (unpaired) electrons. The van der Waals surface area contributed by atoms with Crippen LogP contribution in [0.4, 0.5) is 0 Å². The number of fused-ring (bicyclic) bond motifs is 1. The van der Waals surface area contributed by atoms with E-state index < -0.39 is 0 Å². The van der Waals surface area contributed by atoms with Gasteiger partial charge in [0.1, 0.15) is 0 Å². The molecule has 1 aliphatic carbocycles. The summed E-state index contributed by atoms with van der Waals surface area (Å²) < 4.78 is 16.2. The van der Waals surface area contributed by atoms with E-state index in [-0.39, 0.29) is 17.3 Å². The molecule has 1 saturated carbocycles. The van der Waals surface area contributed by atoms with Crippen LogP contribution in [0.25, 0.3) is 0 Å². The zero-order chi connectivity index (χ0) is 17.3. The maximum absolute atomic E-state index is 12.3. The van der Waals surface area contributed by atoms with Crippen molar-refractivity contribution in [3.8, 4) is 11.5 Å². The minimum absolute atomic E-state index is 0.00190. The van der Waals surface area contributed by atoms with Gasteiger partial charge in [0.2, 0.25) is 6.79 Å². The number of ether oxygens (including phenoxy) is 3. The van der Waals surface area contributed by atoms with Crippen LogP contribution in [0.5, 0.6) is 11.5 Å². The molecule has 1 aromatic rings. The third kappa shape index (κ3) is 3.42. The van der Waals surface area contributed by atoms with Gasteiger partial charge in [-0.1, -0.05) is 31.6 Å². The smallest absolute Gasteiger partial charge is 0.310 e. The fraction of sp³-hybridized carbons (Fsp3) is 0.550. The molecule has 1 aliphatic heterocycles. The van der Waals surface area contributed by atoms with Crippen LogP contribution in [0.1, 0.15) is 39.7 Å². The van der Waals surface area contributed by atoms with E-state index in [0.29, 0.717) is 19.3 Å². The van der Waals surface area contributed by atoms with E-state index in [1.165, 1.54) is 11.1 Å². The van der Waals surface area contributed by atoms with Crippen LogP contribution in [0, 0.1) is 17.3 Å². The maximum Gasteiger partial charge on any atom is 0.310 e. The van der Waals surface area contributed by atoms with Gasteiger partial charge in [0.15, 0.2) is 11.5 Å². The summed E-state index contributed by atoms with van der Waals surface area (Å²) in [6.45, 7) is 9.16. The van der Waals surface area contributed by atoms with Crippen LogP contribution in [-0.4, -0.2) is 19.4 Å². The molecular weight excluding hydrogens is 304 g/mol. The van der Waals surface area contributed by atoms with Crippen molar-refractivity contribution in [2.24, 2.45) is 17.3 Å². The predicted molar refractivity (Wildman–Crippen MR) is 92.0 cm³/mol. The van der Waals surface area contributed by atoms with Gasteiger partial charge in [0, 0.05) is 0 Å². The van der Waals surface area contributed by atoms with Gasteiger partial charge in [-0.15, -0.1) is 0 Å². The lowest BCUT2D eigenvalue weighted by molar-refractivity contribution is -0.146. The van der Waals surface area contributed by atoms with E-state index in [0.717, 1.165) is 24.3 Å². The molecule has 24 heavy (non-hydrogen) atoms.